The van der Waals surface area contributed by atoms with E-state index in [1.165, 1.54) is 6.07 Å². The molecule has 2 N–H and O–H groups in total. The number of carbonyl (C=O) groups is 1. The number of pyridine rings is 1. The summed E-state index contributed by atoms with van der Waals surface area (Å²) in [6, 6.07) is 3.19. The minimum absolute atomic E-state index is 0.0702. The Balaban J connectivity index is 2.78. The third kappa shape index (κ3) is 9.76. The summed E-state index contributed by atoms with van der Waals surface area (Å²) < 4.78 is 5.13. The Morgan fingerprint density at radius 2 is 1.80 bits per heavy atom. The van der Waals surface area contributed by atoms with Crippen molar-refractivity contribution in [3.05, 3.63) is 22.2 Å². The van der Waals surface area contributed by atoms with Crippen LogP contribution in [0.1, 0.15) is 54.9 Å². The van der Waals surface area contributed by atoms with Crippen LogP contribution in [0.15, 0.2) is 12.1 Å². The van der Waals surface area contributed by atoms with E-state index in [-0.39, 0.29) is 23.7 Å². The monoisotopic (exact) mass is 423 g/mol. The highest BCUT2D eigenvalue weighted by Gasteiger charge is 2.20. The fourth-order valence-electron chi connectivity index (χ4n) is 2.82. The minimum atomic E-state index is -0.480. The smallest absolute Gasteiger partial charge is 0.407 e. The van der Waals surface area contributed by atoms with Crippen molar-refractivity contribution in [2.75, 3.05) is 36.5 Å². The Bertz CT molecular complexity index is 691. The van der Waals surface area contributed by atoms with Crippen molar-refractivity contribution in [3.8, 4) is 0 Å². The summed E-state index contributed by atoms with van der Waals surface area (Å²) in [5.74, 6) is 1.82. The zero-order valence-corrected chi connectivity index (χ0v) is 19.3. The molecule has 1 aromatic rings. The van der Waals surface area contributed by atoms with E-state index in [0.29, 0.717) is 30.6 Å². The maximum absolute atomic E-state index is 11.7. The number of hydrogen-bond acceptors (Lipinski definition) is 7. The first-order valence-electron chi connectivity index (χ1n) is 10.5. The average Bonchev–Trinajstić information content (AvgIpc) is 2.58. The van der Waals surface area contributed by atoms with E-state index in [4.69, 9.17) is 4.74 Å². The highest BCUT2D eigenvalue weighted by atomic mass is 16.6. The predicted octanol–water partition coefficient (Wildman–Crippen LogP) is 4.43. The normalized spacial score (nSPS) is 11.5. The predicted molar refractivity (Wildman–Crippen MR) is 120 cm³/mol. The number of hydrogen-bond donors (Lipinski definition) is 2. The average molecular weight is 424 g/mol. The topological polar surface area (TPSA) is 110 Å². The molecule has 0 aromatic carbocycles. The molecule has 0 saturated carbocycles. The molecule has 1 heterocycles. The van der Waals surface area contributed by atoms with Crippen molar-refractivity contribution in [3.63, 3.8) is 0 Å². The fraction of sp³-hybridized carbons (Fsp3) is 0.714. The Kier molecular flexibility index (Phi) is 9.81. The summed E-state index contributed by atoms with van der Waals surface area (Å²) >= 11 is 0. The number of alkyl carbamates (subject to hydrolysis) is 1. The standard InChI is InChI=1S/C21H37N5O4/c1-15(2)13-25(14-16(3)4)18-10-9-17(26(28)29)19(23-18)22-11-8-12-30-20(27)24-21(5,6)7/h9-10,15-16H,8,11-14H2,1-7H3,(H,22,23)(H,24,27). The second-order valence-electron chi connectivity index (χ2n) is 9.28. The molecular weight excluding hydrogens is 386 g/mol. The molecule has 0 spiro atoms. The first-order chi connectivity index (χ1) is 13.9. The van der Waals surface area contributed by atoms with Gasteiger partial charge in [-0.25, -0.2) is 9.78 Å². The quantitative estimate of drug-likeness (QED) is 0.308. The van der Waals surface area contributed by atoms with Gasteiger partial charge in [0.15, 0.2) is 0 Å². The van der Waals surface area contributed by atoms with Crippen LogP contribution in [-0.4, -0.2) is 47.8 Å². The van der Waals surface area contributed by atoms with Gasteiger partial charge < -0.3 is 20.3 Å². The lowest BCUT2D eigenvalue weighted by Crippen LogP contribution is -2.41. The lowest BCUT2D eigenvalue weighted by Gasteiger charge is -2.27. The van der Waals surface area contributed by atoms with E-state index in [1.807, 2.05) is 20.8 Å². The molecule has 0 atom stereocenters. The molecular formula is C21H37N5O4. The lowest BCUT2D eigenvalue weighted by atomic mass is 10.1. The number of aromatic nitrogens is 1. The largest absolute Gasteiger partial charge is 0.449 e. The molecule has 1 aromatic heterocycles. The van der Waals surface area contributed by atoms with Crippen molar-refractivity contribution in [2.24, 2.45) is 11.8 Å². The van der Waals surface area contributed by atoms with Crippen molar-refractivity contribution >= 4 is 23.4 Å². The van der Waals surface area contributed by atoms with Gasteiger partial charge in [0.25, 0.3) is 0 Å². The second-order valence-corrected chi connectivity index (χ2v) is 9.28. The Morgan fingerprint density at radius 1 is 1.20 bits per heavy atom. The number of nitro groups is 1. The van der Waals surface area contributed by atoms with Crippen LogP contribution >= 0.6 is 0 Å². The third-order valence-corrected chi connectivity index (χ3v) is 3.87. The number of carbonyl (C=O) groups excluding carboxylic acids is 1. The molecule has 9 nitrogen and oxygen atoms in total. The van der Waals surface area contributed by atoms with Gasteiger partial charge in [-0.15, -0.1) is 0 Å². The van der Waals surface area contributed by atoms with Crippen molar-refractivity contribution < 1.29 is 14.5 Å². The molecule has 0 fully saturated rings. The molecule has 1 amide bonds. The molecule has 0 radical (unpaired) electrons. The van der Waals surface area contributed by atoms with Crippen LogP contribution in [0.3, 0.4) is 0 Å². The SMILES string of the molecule is CC(C)CN(CC(C)C)c1ccc([N+](=O)[O-])c(NCCCOC(=O)NC(C)(C)C)n1. The van der Waals surface area contributed by atoms with Gasteiger partial charge in [0, 0.05) is 31.2 Å². The zero-order chi connectivity index (χ0) is 22.9. The van der Waals surface area contributed by atoms with Crippen LogP contribution in [-0.2, 0) is 4.74 Å². The van der Waals surface area contributed by atoms with E-state index in [9.17, 15) is 14.9 Å². The number of amides is 1. The molecule has 1 rings (SSSR count). The molecule has 30 heavy (non-hydrogen) atoms. The Hall–Kier alpha value is -2.58. The molecule has 0 unspecified atom stereocenters. The van der Waals surface area contributed by atoms with E-state index < -0.39 is 11.0 Å². The van der Waals surface area contributed by atoms with E-state index in [1.54, 1.807) is 6.07 Å². The van der Waals surface area contributed by atoms with Crippen molar-refractivity contribution in [1.29, 1.82) is 0 Å². The van der Waals surface area contributed by atoms with Gasteiger partial charge in [-0.05, 0) is 45.1 Å². The van der Waals surface area contributed by atoms with Crippen molar-refractivity contribution in [2.45, 2.75) is 60.4 Å². The van der Waals surface area contributed by atoms with Gasteiger partial charge >= 0.3 is 11.8 Å². The van der Waals surface area contributed by atoms with E-state index >= 15 is 0 Å². The Labute approximate surface area is 179 Å². The molecule has 0 aliphatic carbocycles. The minimum Gasteiger partial charge on any atom is -0.449 e. The van der Waals surface area contributed by atoms with Crippen molar-refractivity contribution in [1.82, 2.24) is 10.3 Å². The van der Waals surface area contributed by atoms with Crippen LogP contribution in [0, 0.1) is 22.0 Å². The van der Waals surface area contributed by atoms with Gasteiger partial charge in [0.05, 0.1) is 11.5 Å². The van der Waals surface area contributed by atoms with Gasteiger partial charge in [0.1, 0.15) is 5.82 Å². The number of nitrogens with zero attached hydrogens (tertiary/aromatic N) is 3. The number of rotatable bonds is 11. The van der Waals surface area contributed by atoms with Crippen LogP contribution in [0.5, 0.6) is 0 Å². The summed E-state index contributed by atoms with van der Waals surface area (Å²) in [5.41, 5.74) is -0.433. The fourth-order valence-corrected chi connectivity index (χ4v) is 2.82. The first-order valence-corrected chi connectivity index (χ1v) is 10.5. The summed E-state index contributed by atoms with van der Waals surface area (Å²) in [7, 11) is 0. The molecule has 9 heteroatoms. The summed E-state index contributed by atoms with van der Waals surface area (Å²) in [6.07, 6.45) is 0.0223. The first kappa shape index (κ1) is 25.5. The molecule has 170 valence electrons. The highest BCUT2D eigenvalue weighted by Crippen LogP contribution is 2.26. The lowest BCUT2D eigenvalue weighted by molar-refractivity contribution is -0.384. The van der Waals surface area contributed by atoms with Crippen LogP contribution in [0.4, 0.5) is 22.1 Å². The maximum atomic E-state index is 11.7. The molecule has 0 aliphatic rings. The van der Waals surface area contributed by atoms with Crippen LogP contribution in [0.2, 0.25) is 0 Å². The summed E-state index contributed by atoms with van der Waals surface area (Å²) in [5, 5.41) is 17.1. The van der Waals surface area contributed by atoms with Gasteiger partial charge in [-0.3, -0.25) is 10.1 Å². The van der Waals surface area contributed by atoms with Crippen LogP contribution in [0.25, 0.3) is 0 Å². The molecule has 0 saturated heterocycles. The van der Waals surface area contributed by atoms with E-state index in [0.717, 1.165) is 13.1 Å². The third-order valence-electron chi connectivity index (χ3n) is 3.87. The summed E-state index contributed by atoms with van der Waals surface area (Å²) in [6.45, 7) is 16.4. The summed E-state index contributed by atoms with van der Waals surface area (Å²) in [4.78, 5) is 29.3. The maximum Gasteiger partial charge on any atom is 0.407 e. The molecule has 0 aliphatic heterocycles. The highest BCUT2D eigenvalue weighted by molar-refractivity contribution is 5.68. The number of nitrogens with one attached hydrogen (secondary N) is 2. The zero-order valence-electron chi connectivity index (χ0n) is 19.3. The number of anilines is 2. The van der Waals surface area contributed by atoms with Gasteiger partial charge in [0.2, 0.25) is 5.82 Å². The van der Waals surface area contributed by atoms with E-state index in [2.05, 4.69) is 48.2 Å². The second kappa shape index (κ2) is 11.6. The Morgan fingerprint density at radius 3 is 2.30 bits per heavy atom. The van der Waals surface area contributed by atoms with Crippen LogP contribution < -0.4 is 15.5 Å². The van der Waals surface area contributed by atoms with Gasteiger partial charge in [-0.2, -0.15) is 0 Å². The molecule has 0 bridgehead atoms. The number of ether oxygens (including phenoxy) is 1. The van der Waals surface area contributed by atoms with Gasteiger partial charge in [-0.1, -0.05) is 27.7 Å².